The molecule has 0 radical (unpaired) electrons. The Bertz CT molecular complexity index is 439. The molecular weight excluding hydrogens is 256 g/mol. The summed E-state index contributed by atoms with van der Waals surface area (Å²) in [4.78, 5) is 0. The first kappa shape index (κ1) is 16.4. The molecule has 1 fully saturated rings. The van der Waals surface area contributed by atoms with Crippen molar-refractivity contribution in [2.24, 2.45) is 17.1 Å². The van der Waals surface area contributed by atoms with Gasteiger partial charge in [-0.1, -0.05) is 44.9 Å². The number of hydrogen-bond donors (Lipinski definition) is 2. The number of hydrogen-bond acceptors (Lipinski definition) is 2. The van der Waals surface area contributed by atoms with Crippen LogP contribution in [0, 0.1) is 18.3 Å². The summed E-state index contributed by atoms with van der Waals surface area (Å²) >= 11 is 0. The van der Waals surface area contributed by atoms with Gasteiger partial charge in [-0.25, -0.2) is 0 Å². The Kier molecular flexibility index (Phi) is 4.98. The first-order valence-corrected chi connectivity index (χ1v) is 8.46. The maximum atomic E-state index is 6.14. The Morgan fingerprint density at radius 3 is 2.24 bits per heavy atom. The Morgan fingerprint density at radius 1 is 1.19 bits per heavy atom. The van der Waals surface area contributed by atoms with Crippen molar-refractivity contribution in [2.75, 3.05) is 11.9 Å². The molecule has 2 nitrogen and oxygen atoms in total. The fraction of sp³-hybridized carbons (Fsp3) is 0.684. The number of aryl methyl sites for hydroxylation is 1. The minimum atomic E-state index is 0.0928. The van der Waals surface area contributed by atoms with Crippen molar-refractivity contribution >= 4 is 5.69 Å². The Hall–Kier alpha value is -1.02. The number of nitrogens with one attached hydrogen (secondary N) is 1. The second kappa shape index (κ2) is 6.39. The minimum Gasteiger partial charge on any atom is -0.378 e. The summed E-state index contributed by atoms with van der Waals surface area (Å²) in [6, 6.07) is 8.68. The number of rotatable bonds is 5. The van der Waals surface area contributed by atoms with E-state index in [1.165, 1.54) is 43.4 Å². The third kappa shape index (κ3) is 3.79. The Labute approximate surface area is 130 Å². The van der Waals surface area contributed by atoms with Gasteiger partial charge in [-0.2, -0.15) is 0 Å². The van der Waals surface area contributed by atoms with Gasteiger partial charge in [0.25, 0.3) is 0 Å². The summed E-state index contributed by atoms with van der Waals surface area (Å²) in [6.07, 6.45) is 6.21. The molecule has 1 aromatic rings. The van der Waals surface area contributed by atoms with E-state index in [-0.39, 0.29) is 5.54 Å². The van der Waals surface area contributed by atoms with Gasteiger partial charge in [0.05, 0.1) is 0 Å². The zero-order valence-electron chi connectivity index (χ0n) is 14.2. The van der Waals surface area contributed by atoms with Crippen LogP contribution >= 0.6 is 0 Å². The topological polar surface area (TPSA) is 38.0 Å². The zero-order chi connectivity index (χ0) is 15.5. The lowest BCUT2D eigenvalue weighted by molar-refractivity contribution is 0.124. The van der Waals surface area contributed by atoms with Crippen LogP contribution < -0.4 is 11.1 Å². The van der Waals surface area contributed by atoms with Gasteiger partial charge in [-0.3, -0.25) is 0 Å². The molecule has 1 saturated carbocycles. The van der Waals surface area contributed by atoms with Crippen molar-refractivity contribution in [1.82, 2.24) is 0 Å². The molecule has 0 aromatic heterocycles. The van der Waals surface area contributed by atoms with Crippen molar-refractivity contribution in [2.45, 2.75) is 65.3 Å². The summed E-state index contributed by atoms with van der Waals surface area (Å²) in [5.41, 5.74) is 9.21. The van der Waals surface area contributed by atoms with Gasteiger partial charge in [-0.15, -0.1) is 0 Å². The normalized spacial score (nSPS) is 26.6. The Balaban J connectivity index is 2.03. The Morgan fingerprint density at radius 2 is 1.76 bits per heavy atom. The van der Waals surface area contributed by atoms with Crippen molar-refractivity contribution in [3.63, 3.8) is 0 Å². The standard InChI is InChI=1S/C19H32N2/c1-5-18(3,4)16-10-12-19(14-20,13-11-16)21-17-8-6-15(2)7-9-17/h6-9,16,21H,5,10-14,20H2,1-4H3. The average molecular weight is 288 g/mol. The van der Waals surface area contributed by atoms with Gasteiger partial charge >= 0.3 is 0 Å². The molecule has 0 bridgehead atoms. The molecule has 0 atom stereocenters. The molecule has 0 amide bonds. The maximum Gasteiger partial charge on any atom is 0.0495 e. The molecule has 0 spiro atoms. The number of nitrogens with two attached hydrogens (primary N) is 1. The van der Waals surface area contributed by atoms with Crippen LogP contribution in [0.4, 0.5) is 5.69 Å². The van der Waals surface area contributed by atoms with E-state index >= 15 is 0 Å². The highest BCUT2D eigenvalue weighted by molar-refractivity contribution is 5.47. The van der Waals surface area contributed by atoms with Crippen molar-refractivity contribution in [1.29, 1.82) is 0 Å². The monoisotopic (exact) mass is 288 g/mol. The molecular formula is C19H32N2. The van der Waals surface area contributed by atoms with Crippen LogP contribution in [-0.4, -0.2) is 12.1 Å². The van der Waals surface area contributed by atoms with Crippen LogP contribution in [0.1, 0.15) is 58.4 Å². The molecule has 0 unspecified atom stereocenters. The van der Waals surface area contributed by atoms with Crippen LogP contribution in [0.25, 0.3) is 0 Å². The predicted molar refractivity (Wildman–Crippen MR) is 92.6 cm³/mol. The van der Waals surface area contributed by atoms with E-state index < -0.39 is 0 Å². The molecule has 1 aromatic carbocycles. The third-order valence-corrected chi connectivity index (χ3v) is 5.81. The van der Waals surface area contributed by atoms with E-state index in [1.54, 1.807) is 0 Å². The zero-order valence-corrected chi connectivity index (χ0v) is 14.2. The smallest absolute Gasteiger partial charge is 0.0495 e. The van der Waals surface area contributed by atoms with Crippen LogP contribution in [0.5, 0.6) is 0 Å². The summed E-state index contributed by atoms with van der Waals surface area (Å²) < 4.78 is 0. The highest BCUT2D eigenvalue weighted by atomic mass is 15.0. The molecule has 2 heteroatoms. The molecule has 0 saturated heterocycles. The highest BCUT2D eigenvalue weighted by Crippen LogP contribution is 2.44. The molecule has 3 N–H and O–H groups in total. The summed E-state index contributed by atoms with van der Waals surface area (Å²) in [6.45, 7) is 10.00. The number of benzene rings is 1. The first-order valence-electron chi connectivity index (χ1n) is 8.46. The average Bonchev–Trinajstić information content (AvgIpc) is 2.50. The van der Waals surface area contributed by atoms with E-state index in [9.17, 15) is 0 Å². The quantitative estimate of drug-likeness (QED) is 0.822. The lowest BCUT2D eigenvalue weighted by Crippen LogP contribution is -2.49. The van der Waals surface area contributed by atoms with E-state index in [0.29, 0.717) is 5.41 Å². The predicted octanol–water partition coefficient (Wildman–Crippen LogP) is 4.73. The maximum absolute atomic E-state index is 6.14. The minimum absolute atomic E-state index is 0.0928. The second-order valence-corrected chi connectivity index (χ2v) is 7.59. The summed E-state index contributed by atoms with van der Waals surface area (Å²) in [5, 5.41) is 3.74. The van der Waals surface area contributed by atoms with Crippen LogP contribution in [0.2, 0.25) is 0 Å². The first-order chi connectivity index (χ1) is 9.91. The molecule has 0 heterocycles. The fourth-order valence-electron chi connectivity index (χ4n) is 3.56. The van der Waals surface area contributed by atoms with Gasteiger partial charge < -0.3 is 11.1 Å². The molecule has 2 rings (SSSR count). The highest BCUT2D eigenvalue weighted by Gasteiger charge is 2.38. The summed E-state index contributed by atoms with van der Waals surface area (Å²) in [7, 11) is 0. The molecule has 118 valence electrons. The van der Waals surface area contributed by atoms with Crippen molar-refractivity contribution < 1.29 is 0 Å². The van der Waals surface area contributed by atoms with Crippen molar-refractivity contribution in [3.8, 4) is 0 Å². The van der Waals surface area contributed by atoms with E-state index in [0.717, 1.165) is 12.5 Å². The van der Waals surface area contributed by atoms with Crippen LogP contribution in [0.3, 0.4) is 0 Å². The van der Waals surface area contributed by atoms with Crippen molar-refractivity contribution in [3.05, 3.63) is 29.8 Å². The van der Waals surface area contributed by atoms with Gasteiger partial charge in [0, 0.05) is 17.8 Å². The van der Waals surface area contributed by atoms with Crippen LogP contribution in [0.15, 0.2) is 24.3 Å². The summed E-state index contributed by atoms with van der Waals surface area (Å²) in [5.74, 6) is 0.835. The van der Waals surface area contributed by atoms with Gasteiger partial charge in [-0.05, 0) is 56.1 Å². The second-order valence-electron chi connectivity index (χ2n) is 7.59. The molecule has 21 heavy (non-hydrogen) atoms. The molecule has 1 aliphatic carbocycles. The largest absolute Gasteiger partial charge is 0.378 e. The lowest BCUT2D eigenvalue weighted by Gasteiger charge is -2.45. The molecule has 1 aliphatic rings. The van der Waals surface area contributed by atoms with Crippen LogP contribution in [-0.2, 0) is 0 Å². The molecule has 0 aliphatic heterocycles. The van der Waals surface area contributed by atoms with E-state index in [4.69, 9.17) is 5.73 Å². The van der Waals surface area contributed by atoms with Gasteiger partial charge in [0.2, 0.25) is 0 Å². The van der Waals surface area contributed by atoms with E-state index in [1.807, 2.05) is 0 Å². The SMILES string of the molecule is CCC(C)(C)C1CCC(CN)(Nc2ccc(C)cc2)CC1. The fourth-order valence-corrected chi connectivity index (χ4v) is 3.56. The third-order valence-electron chi connectivity index (χ3n) is 5.81. The van der Waals surface area contributed by atoms with E-state index in [2.05, 4.69) is 57.3 Å². The van der Waals surface area contributed by atoms with Gasteiger partial charge in [0.1, 0.15) is 0 Å². The van der Waals surface area contributed by atoms with Gasteiger partial charge in [0.15, 0.2) is 0 Å². The lowest BCUT2D eigenvalue weighted by atomic mass is 9.65. The number of anilines is 1.